The van der Waals surface area contributed by atoms with Crippen LogP contribution in [-0.2, 0) is 6.54 Å². The Morgan fingerprint density at radius 2 is 1.92 bits per heavy atom. The second-order valence-corrected chi connectivity index (χ2v) is 6.73. The molecule has 10 heteroatoms. The summed E-state index contributed by atoms with van der Waals surface area (Å²) in [5.41, 5.74) is 2.16. The van der Waals surface area contributed by atoms with Gasteiger partial charge in [-0.15, -0.1) is 0 Å². The molecule has 0 aliphatic heterocycles. The molecule has 0 bridgehead atoms. The van der Waals surface area contributed by atoms with E-state index in [1.54, 1.807) is 11.6 Å². The third-order valence-electron chi connectivity index (χ3n) is 3.67. The van der Waals surface area contributed by atoms with Crippen molar-refractivity contribution in [1.82, 2.24) is 24.7 Å². The smallest absolute Gasteiger partial charge is 0.265 e. The highest BCUT2D eigenvalue weighted by molar-refractivity contribution is 7.71. The molecule has 0 unspecified atom stereocenters. The number of nitrogens with one attached hydrogen (secondary N) is 1. The van der Waals surface area contributed by atoms with Gasteiger partial charge < -0.3 is 0 Å². The van der Waals surface area contributed by atoms with Gasteiger partial charge in [-0.05, 0) is 43.8 Å². The number of hydrogen-bond donors (Lipinski definition) is 1. The molecular weight excluding hydrogens is 395 g/mol. The lowest BCUT2D eigenvalue weighted by Crippen LogP contribution is -2.22. The molecule has 3 aromatic rings. The molecular formula is C16H14Cl2N6OS. The second kappa shape index (κ2) is 7.53. The molecule has 0 atom stereocenters. The first-order chi connectivity index (χ1) is 12.4. The third-order valence-corrected chi connectivity index (χ3v) is 4.59. The van der Waals surface area contributed by atoms with Crippen molar-refractivity contribution in [3.8, 4) is 0 Å². The number of H-pyrrole nitrogens is 1. The molecule has 1 aromatic carbocycles. The summed E-state index contributed by atoms with van der Waals surface area (Å²) in [5, 5.41) is 16.0. The Morgan fingerprint density at radius 3 is 2.62 bits per heavy atom. The van der Waals surface area contributed by atoms with Crippen LogP contribution >= 0.6 is 35.4 Å². The van der Waals surface area contributed by atoms with Crippen LogP contribution in [0.4, 0.5) is 0 Å². The largest absolute Gasteiger partial charge is 0.296 e. The van der Waals surface area contributed by atoms with E-state index in [0.717, 1.165) is 10.2 Å². The Balaban J connectivity index is 1.94. The van der Waals surface area contributed by atoms with Crippen LogP contribution in [0.25, 0.3) is 0 Å². The maximum atomic E-state index is 12.1. The van der Waals surface area contributed by atoms with Crippen molar-refractivity contribution in [2.24, 2.45) is 5.10 Å². The van der Waals surface area contributed by atoms with Gasteiger partial charge in [0.25, 0.3) is 5.56 Å². The third kappa shape index (κ3) is 3.77. The van der Waals surface area contributed by atoms with Crippen molar-refractivity contribution < 1.29 is 0 Å². The summed E-state index contributed by atoms with van der Waals surface area (Å²) >= 11 is 17.4. The SMILES string of the molecule is Cc1nn(Cc2ccc(Cl)cc2)c(Cl)c1/C=N\n1c(=S)[nH]nc(C)c1=O. The van der Waals surface area contributed by atoms with Crippen molar-refractivity contribution in [2.75, 3.05) is 0 Å². The molecule has 0 saturated carbocycles. The number of benzene rings is 1. The standard InChI is InChI=1S/C16H14Cl2N6OS/c1-9-13(7-19-24-15(25)10(2)20-21-16(24)26)14(18)23(22-9)8-11-3-5-12(17)6-4-11/h3-7H,8H2,1-2H3,(H,21,26)/b19-7-. The average Bonchev–Trinajstić information content (AvgIpc) is 2.87. The Bertz CT molecular complexity index is 1100. The zero-order chi connectivity index (χ0) is 18.8. The fourth-order valence-electron chi connectivity index (χ4n) is 2.27. The first-order valence-electron chi connectivity index (χ1n) is 7.57. The van der Waals surface area contributed by atoms with E-state index in [1.807, 2.05) is 31.2 Å². The van der Waals surface area contributed by atoms with Gasteiger partial charge in [0.2, 0.25) is 4.77 Å². The highest BCUT2D eigenvalue weighted by Gasteiger charge is 2.12. The van der Waals surface area contributed by atoms with Gasteiger partial charge in [-0.3, -0.25) is 9.89 Å². The highest BCUT2D eigenvalue weighted by Crippen LogP contribution is 2.20. The zero-order valence-electron chi connectivity index (χ0n) is 13.9. The molecule has 0 amide bonds. The van der Waals surface area contributed by atoms with E-state index in [9.17, 15) is 4.79 Å². The van der Waals surface area contributed by atoms with E-state index in [2.05, 4.69) is 20.4 Å². The molecule has 0 spiro atoms. The Labute approximate surface area is 163 Å². The number of aromatic nitrogens is 5. The number of nitrogens with zero attached hydrogens (tertiary/aromatic N) is 5. The summed E-state index contributed by atoms with van der Waals surface area (Å²) in [6.45, 7) is 3.87. The predicted molar refractivity (Wildman–Crippen MR) is 104 cm³/mol. The molecule has 0 fully saturated rings. The van der Waals surface area contributed by atoms with E-state index >= 15 is 0 Å². The molecule has 0 aliphatic rings. The normalized spacial score (nSPS) is 11.4. The van der Waals surface area contributed by atoms with Crippen molar-refractivity contribution in [3.05, 3.63) is 72.1 Å². The van der Waals surface area contributed by atoms with Crippen LogP contribution in [0.5, 0.6) is 0 Å². The van der Waals surface area contributed by atoms with Crippen molar-refractivity contribution >= 4 is 41.6 Å². The van der Waals surface area contributed by atoms with Crippen molar-refractivity contribution in [3.63, 3.8) is 0 Å². The van der Waals surface area contributed by atoms with Crippen LogP contribution in [0.2, 0.25) is 10.2 Å². The summed E-state index contributed by atoms with van der Waals surface area (Å²) in [6, 6.07) is 7.43. The van der Waals surface area contributed by atoms with E-state index < -0.39 is 5.56 Å². The molecule has 3 rings (SSSR count). The maximum absolute atomic E-state index is 12.1. The summed E-state index contributed by atoms with van der Waals surface area (Å²) in [7, 11) is 0. The van der Waals surface area contributed by atoms with Gasteiger partial charge >= 0.3 is 0 Å². The monoisotopic (exact) mass is 408 g/mol. The fourth-order valence-corrected chi connectivity index (χ4v) is 2.86. The minimum atomic E-state index is -0.396. The second-order valence-electron chi connectivity index (χ2n) is 5.55. The van der Waals surface area contributed by atoms with Gasteiger partial charge in [0.05, 0.1) is 24.0 Å². The first-order valence-corrected chi connectivity index (χ1v) is 8.73. The van der Waals surface area contributed by atoms with Crippen LogP contribution in [0.3, 0.4) is 0 Å². The molecule has 134 valence electrons. The highest BCUT2D eigenvalue weighted by atomic mass is 35.5. The topological polar surface area (TPSA) is 80.9 Å². The zero-order valence-corrected chi connectivity index (χ0v) is 16.2. The van der Waals surface area contributed by atoms with Crippen LogP contribution in [0.1, 0.15) is 22.5 Å². The molecule has 0 radical (unpaired) electrons. The van der Waals surface area contributed by atoms with Crippen LogP contribution in [0, 0.1) is 18.6 Å². The molecule has 0 aliphatic carbocycles. The first kappa shape index (κ1) is 18.5. The molecule has 1 N–H and O–H groups in total. The molecule has 0 saturated heterocycles. The molecule has 26 heavy (non-hydrogen) atoms. The van der Waals surface area contributed by atoms with Crippen LogP contribution in [0.15, 0.2) is 34.2 Å². The van der Waals surface area contributed by atoms with E-state index in [1.165, 1.54) is 6.21 Å². The lowest BCUT2D eigenvalue weighted by atomic mass is 10.2. The number of halogens is 2. The Hall–Kier alpha value is -2.29. The van der Waals surface area contributed by atoms with Gasteiger partial charge in [-0.2, -0.15) is 20.0 Å². The lowest BCUT2D eigenvalue weighted by molar-refractivity contribution is 0.680. The number of hydrogen-bond acceptors (Lipinski definition) is 5. The Kier molecular flexibility index (Phi) is 5.36. The van der Waals surface area contributed by atoms with Gasteiger partial charge in [-0.25, -0.2) is 4.68 Å². The van der Waals surface area contributed by atoms with Gasteiger partial charge in [-0.1, -0.05) is 35.3 Å². The van der Waals surface area contributed by atoms with Crippen LogP contribution in [-0.4, -0.2) is 30.9 Å². The summed E-state index contributed by atoms with van der Waals surface area (Å²) in [6.07, 6.45) is 1.47. The van der Waals surface area contributed by atoms with Gasteiger partial charge in [0.15, 0.2) is 0 Å². The molecule has 2 heterocycles. The number of rotatable bonds is 4. The predicted octanol–water partition coefficient (Wildman–Crippen LogP) is 3.35. The van der Waals surface area contributed by atoms with Gasteiger partial charge in [0, 0.05) is 5.02 Å². The van der Waals surface area contributed by atoms with E-state index in [0.29, 0.717) is 28.0 Å². The summed E-state index contributed by atoms with van der Waals surface area (Å²) in [5.74, 6) is 0. The minimum absolute atomic E-state index is 0.0965. The fraction of sp³-hybridized carbons (Fsp3) is 0.188. The molecule has 7 nitrogen and oxygen atoms in total. The molecule has 2 aromatic heterocycles. The van der Waals surface area contributed by atoms with E-state index in [-0.39, 0.29) is 10.5 Å². The van der Waals surface area contributed by atoms with E-state index in [4.69, 9.17) is 35.4 Å². The average molecular weight is 409 g/mol. The summed E-state index contributed by atoms with van der Waals surface area (Å²) in [4.78, 5) is 12.1. The number of aryl methyl sites for hydroxylation is 2. The number of aromatic amines is 1. The minimum Gasteiger partial charge on any atom is -0.265 e. The van der Waals surface area contributed by atoms with Gasteiger partial charge in [0.1, 0.15) is 10.8 Å². The summed E-state index contributed by atoms with van der Waals surface area (Å²) < 4.78 is 2.81. The lowest BCUT2D eigenvalue weighted by Gasteiger charge is -2.03. The van der Waals surface area contributed by atoms with Crippen molar-refractivity contribution in [1.29, 1.82) is 0 Å². The Morgan fingerprint density at radius 1 is 1.23 bits per heavy atom. The quantitative estimate of drug-likeness (QED) is 0.529. The van der Waals surface area contributed by atoms with Crippen molar-refractivity contribution in [2.45, 2.75) is 20.4 Å². The van der Waals surface area contributed by atoms with Crippen LogP contribution < -0.4 is 5.56 Å². The maximum Gasteiger partial charge on any atom is 0.296 e.